The van der Waals surface area contributed by atoms with Crippen LogP contribution in [0, 0.1) is 21.7 Å². The normalized spacial score (nSPS) is 18.6. The van der Waals surface area contributed by atoms with E-state index in [0.717, 1.165) is 24.3 Å². The molecule has 0 saturated heterocycles. The van der Waals surface area contributed by atoms with Crippen LogP contribution in [0.4, 0.5) is 20.3 Å². The van der Waals surface area contributed by atoms with Gasteiger partial charge in [0.15, 0.2) is 16.8 Å². The number of nitro groups is 1. The quantitative estimate of drug-likeness (QED) is 0.237. The molecular weight excluding hydrogens is 386 g/mol. The number of benzene rings is 1. The van der Waals surface area contributed by atoms with E-state index in [4.69, 9.17) is 11.6 Å². The highest BCUT2D eigenvalue weighted by atomic mass is 35.5. The molecule has 0 spiro atoms. The molecule has 0 aliphatic heterocycles. The van der Waals surface area contributed by atoms with E-state index in [1.807, 2.05) is 6.92 Å². The fourth-order valence-electron chi connectivity index (χ4n) is 2.57. The summed E-state index contributed by atoms with van der Waals surface area (Å²) in [5.41, 5.74) is 0.244. The maximum Gasteiger partial charge on any atom is 0.348 e. The summed E-state index contributed by atoms with van der Waals surface area (Å²) in [4.78, 5) is 18.9. The molecule has 1 fully saturated rings. The van der Waals surface area contributed by atoms with Crippen LogP contribution in [0.15, 0.2) is 23.4 Å². The van der Waals surface area contributed by atoms with Crippen molar-refractivity contribution in [2.75, 3.05) is 11.1 Å². The molecule has 10 heteroatoms. The second kappa shape index (κ2) is 7.71. The molecule has 1 heterocycles. The van der Waals surface area contributed by atoms with E-state index in [0.29, 0.717) is 17.1 Å². The zero-order valence-electron chi connectivity index (χ0n) is 13.7. The summed E-state index contributed by atoms with van der Waals surface area (Å²) < 4.78 is 26.4. The van der Waals surface area contributed by atoms with Crippen molar-refractivity contribution in [3.63, 3.8) is 0 Å². The van der Waals surface area contributed by atoms with E-state index in [1.54, 1.807) is 0 Å². The fourth-order valence-corrected chi connectivity index (χ4v) is 3.56. The van der Waals surface area contributed by atoms with Crippen molar-refractivity contribution in [3.05, 3.63) is 50.7 Å². The van der Waals surface area contributed by atoms with Crippen molar-refractivity contribution in [2.24, 2.45) is 0 Å². The monoisotopic (exact) mass is 400 g/mol. The van der Waals surface area contributed by atoms with Gasteiger partial charge in [0, 0.05) is 17.7 Å². The summed E-state index contributed by atoms with van der Waals surface area (Å²) in [5.74, 6) is -1.10. The summed E-state index contributed by atoms with van der Waals surface area (Å²) >= 11 is 7.32. The molecule has 0 radical (unpaired) electrons. The molecule has 3 rings (SSSR count). The highest BCUT2D eigenvalue weighted by Crippen LogP contribution is 2.44. The third kappa shape index (κ3) is 4.04. The summed E-state index contributed by atoms with van der Waals surface area (Å²) in [6, 6.07) is 3.55. The van der Waals surface area contributed by atoms with Gasteiger partial charge >= 0.3 is 5.69 Å². The van der Waals surface area contributed by atoms with Gasteiger partial charge in [-0.1, -0.05) is 36.4 Å². The van der Waals surface area contributed by atoms with Crippen LogP contribution in [0.3, 0.4) is 0 Å². The van der Waals surface area contributed by atoms with E-state index in [-0.39, 0.29) is 28.6 Å². The van der Waals surface area contributed by atoms with E-state index < -0.39 is 16.6 Å². The number of hydrogen-bond acceptors (Lipinski definition) is 6. The van der Waals surface area contributed by atoms with Gasteiger partial charge in [-0.3, -0.25) is 10.1 Å². The number of nitrogens with one attached hydrogen (secondary N) is 1. The lowest BCUT2D eigenvalue weighted by Crippen LogP contribution is -2.10. The van der Waals surface area contributed by atoms with Gasteiger partial charge in [-0.15, -0.1) is 0 Å². The Morgan fingerprint density at radius 1 is 1.38 bits per heavy atom. The van der Waals surface area contributed by atoms with Crippen LogP contribution in [0.25, 0.3) is 0 Å². The van der Waals surface area contributed by atoms with Gasteiger partial charge in [-0.2, -0.15) is 4.98 Å². The van der Waals surface area contributed by atoms with Crippen LogP contribution >= 0.6 is 23.4 Å². The number of nitrogens with zero attached hydrogens (tertiary/aromatic N) is 3. The van der Waals surface area contributed by atoms with Crippen molar-refractivity contribution in [2.45, 2.75) is 36.9 Å². The van der Waals surface area contributed by atoms with Crippen molar-refractivity contribution in [3.8, 4) is 0 Å². The molecule has 0 bridgehead atoms. The molecule has 138 valence electrons. The molecule has 0 amide bonds. The molecule has 1 aromatic carbocycles. The average molecular weight is 401 g/mol. The molecule has 1 saturated carbocycles. The van der Waals surface area contributed by atoms with Gasteiger partial charge in [0.2, 0.25) is 11.0 Å². The SMILES string of the molecule is CCCSc1nc(Cl)c([N+](=O)[O-])c(N[C@@H]2C[C@H]2c2ccc(F)c(F)c2)n1. The van der Waals surface area contributed by atoms with Crippen molar-refractivity contribution < 1.29 is 13.7 Å². The summed E-state index contributed by atoms with van der Waals surface area (Å²) in [6.07, 6.45) is 1.52. The Kier molecular flexibility index (Phi) is 5.57. The van der Waals surface area contributed by atoms with Gasteiger partial charge in [0.25, 0.3) is 0 Å². The minimum Gasteiger partial charge on any atom is -0.361 e. The topological polar surface area (TPSA) is 81.0 Å². The predicted octanol–water partition coefficient (Wildman–Crippen LogP) is 4.79. The Morgan fingerprint density at radius 3 is 2.81 bits per heavy atom. The van der Waals surface area contributed by atoms with E-state index in [1.165, 1.54) is 17.8 Å². The lowest BCUT2D eigenvalue weighted by molar-refractivity contribution is -0.384. The summed E-state index contributed by atoms with van der Waals surface area (Å²) in [6.45, 7) is 2.00. The standard InChI is InChI=1S/C16H15ClF2N4O2S/c1-2-5-26-16-21-14(17)13(23(24)25)15(22-16)20-12-7-9(12)8-3-4-10(18)11(19)6-8/h3-4,6,9,12H,2,5,7H2,1H3,(H,20,21,22)/t9-,12+/m0/s1. The van der Waals surface area contributed by atoms with Gasteiger partial charge in [0.1, 0.15) is 0 Å². The molecule has 6 nitrogen and oxygen atoms in total. The van der Waals surface area contributed by atoms with Crippen LogP contribution in [-0.2, 0) is 0 Å². The number of rotatable bonds is 7. The van der Waals surface area contributed by atoms with Crippen LogP contribution in [-0.4, -0.2) is 26.7 Å². The summed E-state index contributed by atoms with van der Waals surface area (Å²) in [5, 5.41) is 14.4. The molecule has 1 N–H and O–H groups in total. The fraction of sp³-hybridized carbons (Fsp3) is 0.375. The smallest absolute Gasteiger partial charge is 0.348 e. The molecule has 2 atom stereocenters. The van der Waals surface area contributed by atoms with Gasteiger partial charge in [-0.25, -0.2) is 13.8 Å². The Morgan fingerprint density at radius 2 is 2.15 bits per heavy atom. The molecule has 1 aliphatic rings. The maximum atomic E-state index is 13.4. The largest absolute Gasteiger partial charge is 0.361 e. The number of thioether (sulfide) groups is 1. The van der Waals surface area contributed by atoms with Crippen LogP contribution in [0.5, 0.6) is 0 Å². The Balaban J connectivity index is 1.81. The van der Waals surface area contributed by atoms with Crippen molar-refractivity contribution in [1.82, 2.24) is 9.97 Å². The molecular formula is C16H15ClF2N4O2S. The Labute approximate surface area is 157 Å². The number of halogens is 3. The van der Waals surface area contributed by atoms with Gasteiger partial charge in [-0.05, 0) is 30.5 Å². The summed E-state index contributed by atoms with van der Waals surface area (Å²) in [7, 11) is 0. The third-order valence-corrected chi connectivity index (χ3v) is 5.24. The van der Waals surface area contributed by atoms with Crippen molar-refractivity contribution >= 4 is 34.9 Å². The Bertz CT molecular complexity index is 855. The first-order valence-electron chi connectivity index (χ1n) is 7.97. The van der Waals surface area contributed by atoms with Crippen LogP contribution < -0.4 is 5.32 Å². The van der Waals surface area contributed by atoms with E-state index >= 15 is 0 Å². The first-order valence-corrected chi connectivity index (χ1v) is 9.33. The molecule has 1 aliphatic carbocycles. The highest BCUT2D eigenvalue weighted by Gasteiger charge is 2.41. The average Bonchev–Trinajstić information content (AvgIpc) is 3.33. The lowest BCUT2D eigenvalue weighted by atomic mass is 10.1. The van der Waals surface area contributed by atoms with Crippen LogP contribution in [0.2, 0.25) is 5.15 Å². The minimum atomic E-state index is -0.914. The highest BCUT2D eigenvalue weighted by molar-refractivity contribution is 7.99. The molecule has 26 heavy (non-hydrogen) atoms. The first kappa shape index (κ1) is 18.8. The predicted molar refractivity (Wildman–Crippen MR) is 95.8 cm³/mol. The second-order valence-corrected chi connectivity index (χ2v) is 7.29. The zero-order chi connectivity index (χ0) is 18.8. The maximum absolute atomic E-state index is 13.4. The van der Waals surface area contributed by atoms with Crippen molar-refractivity contribution in [1.29, 1.82) is 0 Å². The Hall–Kier alpha value is -2.00. The van der Waals surface area contributed by atoms with E-state index in [2.05, 4.69) is 15.3 Å². The number of aromatic nitrogens is 2. The molecule has 0 unspecified atom stereocenters. The second-order valence-electron chi connectivity index (χ2n) is 5.87. The first-order chi connectivity index (χ1) is 12.4. The van der Waals surface area contributed by atoms with Gasteiger partial charge in [0.05, 0.1) is 4.92 Å². The van der Waals surface area contributed by atoms with Gasteiger partial charge < -0.3 is 5.32 Å². The molecule has 1 aromatic heterocycles. The number of anilines is 1. The lowest BCUT2D eigenvalue weighted by Gasteiger charge is -2.09. The van der Waals surface area contributed by atoms with Crippen LogP contribution in [0.1, 0.15) is 31.2 Å². The van der Waals surface area contributed by atoms with E-state index in [9.17, 15) is 18.9 Å². The third-order valence-electron chi connectivity index (χ3n) is 3.92. The minimum absolute atomic E-state index is 0.0451. The zero-order valence-corrected chi connectivity index (χ0v) is 15.3. The number of hydrogen-bond donors (Lipinski definition) is 1. The molecule has 2 aromatic rings.